The number of benzene rings is 1. The lowest BCUT2D eigenvalue weighted by atomic mass is 10.0. The summed E-state index contributed by atoms with van der Waals surface area (Å²) in [5.41, 5.74) is 11.4. The van der Waals surface area contributed by atoms with Gasteiger partial charge in [-0.05, 0) is 31.0 Å². The predicted octanol–water partition coefficient (Wildman–Crippen LogP) is -0.614. The molecule has 1 aliphatic heterocycles. The summed E-state index contributed by atoms with van der Waals surface area (Å²) in [7, 11) is 0. The first-order valence-electron chi connectivity index (χ1n) is 9.49. The number of carboxylic acid groups (broad SMARTS) is 1. The molecule has 1 fully saturated rings. The van der Waals surface area contributed by atoms with E-state index in [0.717, 1.165) is 0 Å². The Labute approximate surface area is 173 Å². The summed E-state index contributed by atoms with van der Waals surface area (Å²) < 4.78 is 0. The maximum absolute atomic E-state index is 12.4. The van der Waals surface area contributed by atoms with Crippen molar-refractivity contribution in [1.29, 1.82) is 0 Å². The number of nitrogens with one attached hydrogen (secondary N) is 3. The van der Waals surface area contributed by atoms with E-state index in [1.165, 1.54) is 6.07 Å². The molecule has 11 heteroatoms. The van der Waals surface area contributed by atoms with Gasteiger partial charge in [0.15, 0.2) is 5.96 Å². The van der Waals surface area contributed by atoms with Crippen molar-refractivity contribution >= 4 is 35.3 Å². The summed E-state index contributed by atoms with van der Waals surface area (Å²) >= 11 is 0. The molecule has 1 aromatic carbocycles. The van der Waals surface area contributed by atoms with Crippen LogP contribution in [0.3, 0.4) is 0 Å². The van der Waals surface area contributed by atoms with Crippen LogP contribution in [0.4, 0.5) is 5.69 Å². The molecule has 0 spiro atoms. The number of amides is 3. The van der Waals surface area contributed by atoms with Crippen molar-refractivity contribution in [1.82, 2.24) is 10.6 Å². The standard InChI is InChI=1S/C19H26N6O5/c1-2-14(25-19(20)21)18(30)23-12-5-3-4-10(6-12)16(28)22-9-13-7-11(8-15(26)27)17(29)24-13/h3-6,11,13-14H,2,7-9H2,1H3,(H,22,28)(H,23,30)(H,24,29)(H,26,27)(H4,20,21,25)/t11-,13-,14?/m0/s1. The molecule has 1 saturated heterocycles. The zero-order chi connectivity index (χ0) is 22.3. The quantitative estimate of drug-likeness (QED) is 0.228. The minimum absolute atomic E-state index is 0.166. The molecule has 1 aromatic rings. The van der Waals surface area contributed by atoms with Crippen LogP contribution in [0.25, 0.3) is 0 Å². The normalized spacial score (nSPS) is 18.8. The van der Waals surface area contributed by atoms with Crippen molar-refractivity contribution in [2.24, 2.45) is 22.4 Å². The number of hydrogen-bond acceptors (Lipinski definition) is 5. The van der Waals surface area contributed by atoms with E-state index in [1.54, 1.807) is 25.1 Å². The Balaban J connectivity index is 1.93. The van der Waals surface area contributed by atoms with E-state index in [4.69, 9.17) is 16.6 Å². The van der Waals surface area contributed by atoms with Crippen molar-refractivity contribution in [2.45, 2.75) is 38.3 Å². The predicted molar refractivity (Wildman–Crippen MR) is 110 cm³/mol. The summed E-state index contributed by atoms with van der Waals surface area (Å²) in [4.78, 5) is 51.1. The number of nitrogens with zero attached hydrogens (tertiary/aromatic N) is 1. The average Bonchev–Trinajstić information content (AvgIpc) is 3.02. The lowest BCUT2D eigenvalue weighted by molar-refractivity contribution is -0.140. The number of rotatable bonds is 9. The number of nitrogens with two attached hydrogens (primary N) is 2. The van der Waals surface area contributed by atoms with E-state index in [2.05, 4.69) is 20.9 Å². The second-order valence-electron chi connectivity index (χ2n) is 6.99. The lowest BCUT2D eigenvalue weighted by Gasteiger charge is -2.13. The fraction of sp³-hybridized carbons (Fsp3) is 0.421. The number of carbonyl (C=O) groups excluding carboxylic acids is 3. The molecular weight excluding hydrogens is 392 g/mol. The van der Waals surface area contributed by atoms with Gasteiger partial charge in [0, 0.05) is 23.8 Å². The van der Waals surface area contributed by atoms with E-state index in [9.17, 15) is 19.2 Å². The zero-order valence-electron chi connectivity index (χ0n) is 16.6. The number of carbonyl (C=O) groups is 4. The number of anilines is 1. The van der Waals surface area contributed by atoms with Crippen LogP contribution in [0.15, 0.2) is 29.3 Å². The van der Waals surface area contributed by atoms with Crippen LogP contribution in [-0.2, 0) is 14.4 Å². The van der Waals surface area contributed by atoms with E-state index >= 15 is 0 Å². The average molecular weight is 418 g/mol. The van der Waals surface area contributed by atoms with Gasteiger partial charge >= 0.3 is 5.97 Å². The van der Waals surface area contributed by atoms with E-state index < -0.39 is 29.7 Å². The molecule has 3 amide bonds. The smallest absolute Gasteiger partial charge is 0.304 e. The van der Waals surface area contributed by atoms with Crippen LogP contribution in [0.1, 0.15) is 36.5 Å². The minimum atomic E-state index is -1.04. The third kappa shape index (κ3) is 6.47. The third-order valence-electron chi connectivity index (χ3n) is 4.60. The van der Waals surface area contributed by atoms with Gasteiger partial charge in [0.25, 0.3) is 5.91 Å². The summed E-state index contributed by atoms with van der Waals surface area (Å²) in [5, 5.41) is 16.9. The van der Waals surface area contributed by atoms with E-state index in [1.807, 2.05) is 0 Å². The highest BCUT2D eigenvalue weighted by Gasteiger charge is 2.33. The van der Waals surface area contributed by atoms with E-state index in [-0.39, 0.29) is 30.9 Å². The molecule has 0 aromatic heterocycles. The zero-order valence-corrected chi connectivity index (χ0v) is 16.6. The molecule has 0 aliphatic carbocycles. The minimum Gasteiger partial charge on any atom is -0.481 e. The fourth-order valence-corrected chi connectivity index (χ4v) is 3.15. The van der Waals surface area contributed by atoms with Crippen LogP contribution in [0.5, 0.6) is 0 Å². The van der Waals surface area contributed by atoms with Gasteiger partial charge in [0.05, 0.1) is 12.3 Å². The van der Waals surface area contributed by atoms with E-state index in [0.29, 0.717) is 24.1 Å². The third-order valence-corrected chi connectivity index (χ3v) is 4.60. The SMILES string of the molecule is CCC(N=C(N)N)C(=O)Nc1cccc(C(=O)NC[C@@H]2C[C@@H](CC(=O)O)C(=O)N2)c1. The first kappa shape index (κ1) is 22.7. The Morgan fingerprint density at radius 2 is 2.07 bits per heavy atom. The van der Waals surface area contributed by atoms with Crippen LogP contribution < -0.4 is 27.4 Å². The molecule has 1 unspecified atom stereocenters. The van der Waals surface area contributed by atoms with Gasteiger partial charge in [-0.2, -0.15) is 0 Å². The summed E-state index contributed by atoms with van der Waals surface area (Å²) in [6.07, 6.45) is 0.501. The van der Waals surface area contributed by atoms with Crippen LogP contribution >= 0.6 is 0 Å². The second-order valence-corrected chi connectivity index (χ2v) is 6.99. The van der Waals surface area contributed by atoms with Crippen LogP contribution in [0, 0.1) is 5.92 Å². The molecule has 162 valence electrons. The highest BCUT2D eigenvalue weighted by atomic mass is 16.4. The van der Waals surface area contributed by atoms with Gasteiger partial charge in [0.1, 0.15) is 6.04 Å². The largest absolute Gasteiger partial charge is 0.481 e. The number of guanidine groups is 1. The maximum Gasteiger partial charge on any atom is 0.304 e. The topological polar surface area (TPSA) is 189 Å². The second kappa shape index (κ2) is 10.2. The molecule has 8 N–H and O–H groups in total. The van der Waals surface area contributed by atoms with Crippen LogP contribution in [0.2, 0.25) is 0 Å². The highest BCUT2D eigenvalue weighted by molar-refractivity contribution is 5.99. The number of hydrogen-bond donors (Lipinski definition) is 6. The molecule has 0 radical (unpaired) electrons. The van der Waals surface area contributed by atoms with Crippen molar-refractivity contribution in [3.8, 4) is 0 Å². The molecule has 2 rings (SSSR count). The number of carboxylic acids is 1. The lowest BCUT2D eigenvalue weighted by Crippen LogP contribution is -2.38. The molecule has 1 heterocycles. The van der Waals surface area contributed by atoms with Gasteiger partial charge in [0.2, 0.25) is 11.8 Å². The van der Waals surface area contributed by atoms with Crippen molar-refractivity contribution in [3.63, 3.8) is 0 Å². The first-order valence-corrected chi connectivity index (χ1v) is 9.49. The van der Waals surface area contributed by atoms with Gasteiger partial charge in [-0.25, -0.2) is 4.99 Å². The Bertz CT molecular complexity index is 852. The van der Waals surface area contributed by atoms with Gasteiger partial charge < -0.3 is 32.5 Å². The summed E-state index contributed by atoms with van der Waals surface area (Å²) in [5.74, 6) is -2.94. The summed E-state index contributed by atoms with van der Waals surface area (Å²) in [6.45, 7) is 1.93. The number of aliphatic carboxylic acids is 1. The highest BCUT2D eigenvalue weighted by Crippen LogP contribution is 2.19. The monoisotopic (exact) mass is 418 g/mol. The summed E-state index contributed by atoms with van der Waals surface area (Å²) in [6, 6.07) is 5.27. The Morgan fingerprint density at radius 1 is 1.33 bits per heavy atom. The Morgan fingerprint density at radius 3 is 2.70 bits per heavy atom. The van der Waals surface area contributed by atoms with Gasteiger partial charge in [-0.15, -0.1) is 0 Å². The molecule has 3 atom stereocenters. The molecule has 1 aliphatic rings. The first-order chi connectivity index (χ1) is 14.2. The van der Waals surface area contributed by atoms with Gasteiger partial charge in [-0.3, -0.25) is 19.2 Å². The van der Waals surface area contributed by atoms with Crippen molar-refractivity contribution in [2.75, 3.05) is 11.9 Å². The van der Waals surface area contributed by atoms with Crippen LogP contribution in [-0.4, -0.2) is 53.4 Å². The van der Waals surface area contributed by atoms with Gasteiger partial charge in [-0.1, -0.05) is 13.0 Å². The number of aliphatic imine (C=N–C) groups is 1. The van der Waals surface area contributed by atoms with Crippen molar-refractivity contribution < 1.29 is 24.3 Å². The maximum atomic E-state index is 12.4. The molecule has 30 heavy (non-hydrogen) atoms. The Hall–Kier alpha value is -3.63. The Kier molecular flexibility index (Phi) is 7.73. The molecule has 11 nitrogen and oxygen atoms in total. The fourth-order valence-electron chi connectivity index (χ4n) is 3.15. The molecule has 0 bridgehead atoms. The van der Waals surface area contributed by atoms with Crippen molar-refractivity contribution in [3.05, 3.63) is 29.8 Å². The molecular formula is C19H26N6O5. The molecule has 0 saturated carbocycles.